The van der Waals surface area contributed by atoms with E-state index >= 15 is 0 Å². The van der Waals surface area contributed by atoms with Crippen LogP contribution in [-0.4, -0.2) is 53.1 Å². The van der Waals surface area contributed by atoms with Gasteiger partial charge in [0.2, 0.25) is 0 Å². The van der Waals surface area contributed by atoms with Crippen LogP contribution in [0.4, 0.5) is 11.4 Å². The van der Waals surface area contributed by atoms with E-state index in [0.717, 1.165) is 62.7 Å². The van der Waals surface area contributed by atoms with Gasteiger partial charge in [-0.2, -0.15) is 5.10 Å². The lowest BCUT2D eigenvalue weighted by Gasteiger charge is -2.25. The summed E-state index contributed by atoms with van der Waals surface area (Å²) in [6, 6.07) is 15.6. The fourth-order valence-corrected chi connectivity index (χ4v) is 6.42. The minimum absolute atomic E-state index is 0.00735. The molecule has 0 saturated carbocycles. The van der Waals surface area contributed by atoms with Gasteiger partial charge in [-0.05, 0) is 43.1 Å². The maximum atomic E-state index is 13.5. The molecule has 0 unspecified atom stereocenters. The summed E-state index contributed by atoms with van der Waals surface area (Å²) in [6.45, 7) is 5.01. The van der Waals surface area contributed by atoms with E-state index in [0.29, 0.717) is 12.2 Å². The van der Waals surface area contributed by atoms with Crippen LogP contribution < -0.4 is 21.5 Å². The van der Waals surface area contributed by atoms with Crippen LogP contribution in [0.25, 0.3) is 21.3 Å². The molecule has 2 aliphatic heterocycles. The third-order valence-electron chi connectivity index (χ3n) is 7.23. The second kappa shape index (κ2) is 9.79. The van der Waals surface area contributed by atoms with Gasteiger partial charge in [-0.3, -0.25) is 14.5 Å². The Bertz CT molecular complexity index is 1750. The maximum absolute atomic E-state index is 13.5. The first-order valence-corrected chi connectivity index (χ1v) is 13.6. The third-order valence-corrected chi connectivity index (χ3v) is 8.43. The number of carbonyl (C=O) groups excluding carboxylic acids is 1. The number of nitrogens with zero attached hydrogens (tertiary/aromatic N) is 5. The lowest BCUT2D eigenvalue weighted by Crippen LogP contribution is -2.40. The number of hydrogen-bond donors (Lipinski definition) is 2. The minimum atomic E-state index is -0.339. The van der Waals surface area contributed by atoms with E-state index in [-0.39, 0.29) is 23.0 Å². The summed E-state index contributed by atoms with van der Waals surface area (Å²) in [7, 11) is 3.64. The first-order chi connectivity index (χ1) is 18.8. The average molecular weight is 540 g/mol. The van der Waals surface area contributed by atoms with Crippen LogP contribution in [0.5, 0.6) is 0 Å². The van der Waals surface area contributed by atoms with Gasteiger partial charge in [-0.25, -0.2) is 9.67 Å². The number of thiophene rings is 1. The molecule has 198 valence electrons. The zero-order valence-corrected chi connectivity index (χ0v) is 22.9. The van der Waals surface area contributed by atoms with Crippen molar-refractivity contribution in [2.45, 2.75) is 13.5 Å². The predicted molar refractivity (Wildman–Crippen MR) is 157 cm³/mol. The van der Waals surface area contributed by atoms with Gasteiger partial charge in [-0.15, -0.1) is 11.3 Å². The Labute approximate surface area is 229 Å². The summed E-state index contributed by atoms with van der Waals surface area (Å²) in [6.07, 6.45) is 1.77. The number of anilines is 1. The number of aliphatic imine (C=N–C) groups is 1. The quantitative estimate of drug-likeness (QED) is 0.303. The highest BCUT2D eigenvalue weighted by Gasteiger charge is 2.33. The molecule has 4 heterocycles. The lowest BCUT2D eigenvalue weighted by molar-refractivity contribution is 0.1000. The molecule has 9 nitrogen and oxygen atoms in total. The first kappa shape index (κ1) is 25.0. The average Bonchev–Trinajstić information content (AvgIpc) is 3.43. The van der Waals surface area contributed by atoms with Gasteiger partial charge in [-0.1, -0.05) is 30.3 Å². The molecule has 0 spiro atoms. The van der Waals surface area contributed by atoms with Crippen molar-refractivity contribution in [1.29, 1.82) is 0 Å². The van der Waals surface area contributed by atoms with Crippen molar-refractivity contribution in [2.75, 3.05) is 31.6 Å². The molecule has 2 aromatic carbocycles. The molecular formula is C29H29N7O2S. The van der Waals surface area contributed by atoms with Crippen molar-refractivity contribution >= 4 is 44.5 Å². The molecule has 2 aromatic heterocycles. The fourth-order valence-electron chi connectivity index (χ4n) is 5.25. The Morgan fingerprint density at radius 3 is 2.77 bits per heavy atom. The zero-order valence-electron chi connectivity index (χ0n) is 22.1. The number of aryl methyl sites for hydroxylation is 1. The largest absolute Gasteiger partial charge is 0.386 e. The number of carbonyl (C=O) groups is 1. The van der Waals surface area contributed by atoms with Crippen LogP contribution >= 0.6 is 11.3 Å². The Balaban J connectivity index is 1.35. The highest BCUT2D eigenvalue weighted by molar-refractivity contribution is 7.21. The number of hydrogen-bond acceptors (Lipinski definition) is 7. The number of aromatic nitrogens is 2. The van der Waals surface area contributed by atoms with Crippen LogP contribution in [0.3, 0.4) is 0 Å². The molecule has 0 bridgehead atoms. The smallest absolute Gasteiger partial charge is 0.292 e. The molecule has 4 aromatic rings. The second-order valence-electron chi connectivity index (χ2n) is 9.96. The summed E-state index contributed by atoms with van der Waals surface area (Å²) in [4.78, 5) is 35.6. The standard InChI is InChI=1S/C29H29N7O2S/c1-17-19(8-6-9-24(17)36-16-21-20-7-4-5-10-25(20)39-27(21)29(36)38)22-14-23(28(37)35(3)33-22)32-26(30)13-18-15-34(2)12-11-31-18/h4-10,13-14,31H,11-12,15-16H2,1-3H3,(H2,30,32)/b18-13-. The number of rotatable bonds is 4. The molecule has 3 N–H and O–H groups in total. The van der Waals surface area contributed by atoms with Crippen LogP contribution in [0.2, 0.25) is 0 Å². The summed E-state index contributed by atoms with van der Waals surface area (Å²) >= 11 is 1.54. The van der Waals surface area contributed by atoms with Gasteiger partial charge in [0, 0.05) is 60.0 Å². The van der Waals surface area contributed by atoms with Crippen molar-refractivity contribution in [3.63, 3.8) is 0 Å². The topological polar surface area (TPSA) is 109 Å². The van der Waals surface area contributed by atoms with Crippen LogP contribution in [0.1, 0.15) is 20.8 Å². The Hall–Kier alpha value is -4.28. The Morgan fingerprint density at radius 2 is 1.95 bits per heavy atom. The number of amidine groups is 1. The van der Waals surface area contributed by atoms with Crippen molar-refractivity contribution in [3.8, 4) is 11.3 Å². The summed E-state index contributed by atoms with van der Waals surface area (Å²) in [5.74, 6) is 0.251. The Morgan fingerprint density at radius 1 is 1.13 bits per heavy atom. The van der Waals surface area contributed by atoms with Crippen LogP contribution in [-0.2, 0) is 13.6 Å². The van der Waals surface area contributed by atoms with Crippen molar-refractivity contribution in [2.24, 2.45) is 17.8 Å². The predicted octanol–water partition coefficient (Wildman–Crippen LogP) is 3.54. The number of likely N-dealkylation sites (N-methyl/N-ethyl adjacent to an activating group) is 1. The first-order valence-electron chi connectivity index (χ1n) is 12.8. The van der Waals surface area contributed by atoms with E-state index in [4.69, 9.17) is 5.73 Å². The van der Waals surface area contributed by atoms with Crippen molar-refractivity contribution in [3.05, 3.63) is 86.7 Å². The van der Waals surface area contributed by atoms with Gasteiger partial charge in [0.05, 0.1) is 17.1 Å². The molecule has 39 heavy (non-hydrogen) atoms. The highest BCUT2D eigenvalue weighted by Crippen LogP contribution is 2.41. The third kappa shape index (κ3) is 4.51. The fraction of sp³-hybridized carbons (Fsp3) is 0.241. The second-order valence-corrected chi connectivity index (χ2v) is 11.0. The van der Waals surface area contributed by atoms with E-state index in [9.17, 15) is 9.59 Å². The minimum Gasteiger partial charge on any atom is -0.386 e. The SMILES string of the molecule is Cc1c(-c2cc(N=C(N)/C=C3/CN(C)CCN3)c(=O)n(C)n2)cccc1N1Cc2c(sc3ccccc23)C1=O. The normalized spacial score (nSPS) is 17.2. The van der Waals surface area contributed by atoms with Gasteiger partial charge in [0.15, 0.2) is 0 Å². The summed E-state index contributed by atoms with van der Waals surface area (Å²) in [5.41, 5.74) is 11.2. The Kier molecular flexibility index (Phi) is 6.28. The molecule has 0 aliphatic carbocycles. The van der Waals surface area contributed by atoms with Crippen molar-refractivity contribution in [1.82, 2.24) is 20.0 Å². The van der Waals surface area contributed by atoms with Gasteiger partial charge < -0.3 is 16.0 Å². The van der Waals surface area contributed by atoms with E-state index < -0.39 is 0 Å². The number of nitrogens with one attached hydrogen (secondary N) is 1. The highest BCUT2D eigenvalue weighted by atomic mass is 32.1. The molecule has 1 amide bonds. The van der Waals surface area contributed by atoms with E-state index in [1.165, 1.54) is 4.68 Å². The lowest BCUT2D eigenvalue weighted by atomic mass is 10.0. The van der Waals surface area contributed by atoms with Gasteiger partial charge in [0.25, 0.3) is 11.5 Å². The monoisotopic (exact) mass is 539 g/mol. The summed E-state index contributed by atoms with van der Waals surface area (Å²) < 4.78 is 2.41. The maximum Gasteiger partial charge on any atom is 0.292 e. The number of fused-ring (bicyclic) bond motifs is 3. The molecule has 1 saturated heterocycles. The van der Waals surface area contributed by atoms with E-state index in [1.54, 1.807) is 30.5 Å². The molecule has 2 aliphatic rings. The number of piperazine rings is 1. The van der Waals surface area contributed by atoms with Gasteiger partial charge in [0.1, 0.15) is 11.5 Å². The van der Waals surface area contributed by atoms with Gasteiger partial charge >= 0.3 is 0 Å². The van der Waals surface area contributed by atoms with Crippen molar-refractivity contribution < 1.29 is 4.79 Å². The van der Waals surface area contributed by atoms with E-state index in [2.05, 4.69) is 32.4 Å². The molecule has 0 radical (unpaired) electrons. The van der Waals surface area contributed by atoms with Crippen LogP contribution in [0, 0.1) is 6.92 Å². The molecule has 6 rings (SSSR count). The molecule has 1 fully saturated rings. The van der Waals surface area contributed by atoms with E-state index in [1.807, 2.05) is 49.2 Å². The van der Waals surface area contributed by atoms with Crippen LogP contribution in [0.15, 0.2) is 70.1 Å². The molecular weight excluding hydrogens is 510 g/mol. The summed E-state index contributed by atoms with van der Waals surface area (Å²) in [5, 5.41) is 8.96. The number of amides is 1. The number of benzene rings is 2. The molecule has 10 heteroatoms. The number of nitrogens with two attached hydrogens (primary N) is 1. The zero-order chi connectivity index (χ0) is 27.3. The molecule has 0 atom stereocenters.